The number of amides is 1. The topological polar surface area (TPSA) is 58.6 Å². The van der Waals surface area contributed by atoms with Gasteiger partial charge in [-0.15, -0.1) is 0 Å². The van der Waals surface area contributed by atoms with Crippen molar-refractivity contribution in [3.05, 3.63) is 0 Å². The first-order chi connectivity index (χ1) is 13.5. The van der Waals surface area contributed by atoms with E-state index >= 15 is 0 Å². The number of nitrogens with one attached hydrogen (secondary N) is 1. The number of carbonyl (C=O) groups excluding carboxylic acids is 2. The third-order valence-electron chi connectivity index (χ3n) is 6.30. The summed E-state index contributed by atoms with van der Waals surface area (Å²) in [5.41, 5.74) is 0. The highest BCUT2D eigenvalue weighted by molar-refractivity contribution is 5.77. The van der Waals surface area contributed by atoms with Gasteiger partial charge >= 0.3 is 5.97 Å². The van der Waals surface area contributed by atoms with Gasteiger partial charge in [0.1, 0.15) is 0 Å². The van der Waals surface area contributed by atoms with Gasteiger partial charge in [0.25, 0.3) is 0 Å². The Morgan fingerprint density at radius 3 is 2.57 bits per heavy atom. The summed E-state index contributed by atoms with van der Waals surface area (Å²) in [5, 5.41) is 3.05. The van der Waals surface area contributed by atoms with Gasteiger partial charge in [0.15, 0.2) is 0 Å². The molecule has 2 rings (SSSR count). The van der Waals surface area contributed by atoms with Gasteiger partial charge in [-0.1, -0.05) is 33.1 Å². The molecule has 0 aliphatic carbocycles. The van der Waals surface area contributed by atoms with Crippen LogP contribution < -0.4 is 5.32 Å². The average molecular weight is 395 g/mol. The summed E-state index contributed by atoms with van der Waals surface area (Å²) < 4.78 is 5.57. The molecule has 1 N–H and O–H groups in total. The first kappa shape index (κ1) is 23.2. The Morgan fingerprint density at radius 2 is 1.79 bits per heavy atom. The molecule has 3 unspecified atom stereocenters. The van der Waals surface area contributed by atoms with Crippen LogP contribution >= 0.6 is 0 Å². The summed E-state index contributed by atoms with van der Waals surface area (Å²) in [5.74, 6) is 1.11. The minimum atomic E-state index is -0.147. The maximum absolute atomic E-state index is 12.1. The fourth-order valence-electron chi connectivity index (χ4n) is 4.69. The molecule has 2 saturated heterocycles. The number of piperidine rings is 2. The van der Waals surface area contributed by atoms with Gasteiger partial charge in [-0.3, -0.25) is 14.5 Å². The molecule has 2 aliphatic heterocycles. The fraction of sp³-hybridized carbons (Fsp3) is 0.913. The van der Waals surface area contributed by atoms with Gasteiger partial charge in [0.2, 0.25) is 5.91 Å². The Morgan fingerprint density at radius 1 is 1.00 bits per heavy atom. The number of rotatable bonds is 11. The lowest BCUT2D eigenvalue weighted by atomic mass is 9.84. The number of hydrogen-bond donors (Lipinski definition) is 1. The molecule has 0 aromatic rings. The minimum absolute atomic E-state index is 0.0509. The third kappa shape index (κ3) is 8.50. The van der Waals surface area contributed by atoms with Gasteiger partial charge in [0, 0.05) is 30.8 Å². The second-order valence-electron chi connectivity index (χ2n) is 9.33. The molecule has 0 spiro atoms. The van der Waals surface area contributed by atoms with E-state index in [2.05, 4.69) is 31.0 Å². The van der Waals surface area contributed by atoms with Crippen molar-refractivity contribution in [3.8, 4) is 0 Å². The lowest BCUT2D eigenvalue weighted by molar-refractivity contribution is -0.146. The molecule has 162 valence electrons. The predicted octanol–water partition coefficient (Wildman–Crippen LogP) is 4.30. The van der Waals surface area contributed by atoms with E-state index in [4.69, 9.17) is 4.74 Å². The lowest BCUT2D eigenvalue weighted by Gasteiger charge is -2.44. The molecule has 0 bridgehead atoms. The van der Waals surface area contributed by atoms with Gasteiger partial charge in [-0.2, -0.15) is 0 Å². The maximum Gasteiger partial charge on any atom is 0.305 e. The summed E-state index contributed by atoms with van der Waals surface area (Å²) in [4.78, 5) is 26.7. The number of esters is 1. The number of fused-ring (bicyclic) bond motifs is 1. The molecule has 3 atom stereocenters. The molecule has 5 nitrogen and oxygen atoms in total. The van der Waals surface area contributed by atoms with Crippen LogP contribution in [-0.2, 0) is 14.3 Å². The van der Waals surface area contributed by atoms with Gasteiger partial charge < -0.3 is 10.1 Å². The maximum atomic E-state index is 12.1. The first-order valence-corrected chi connectivity index (χ1v) is 11.6. The molecule has 2 heterocycles. The average Bonchev–Trinajstić information content (AvgIpc) is 2.66. The highest BCUT2D eigenvalue weighted by Crippen LogP contribution is 2.31. The quantitative estimate of drug-likeness (QED) is 0.531. The summed E-state index contributed by atoms with van der Waals surface area (Å²) in [6, 6.07) is 0.821. The molecule has 1 amide bonds. The summed E-state index contributed by atoms with van der Waals surface area (Å²) >= 11 is 0. The fourth-order valence-corrected chi connectivity index (χ4v) is 4.69. The van der Waals surface area contributed by atoms with Crippen LogP contribution in [0.4, 0.5) is 0 Å². The van der Waals surface area contributed by atoms with E-state index in [1.54, 1.807) is 0 Å². The second kappa shape index (κ2) is 12.5. The van der Waals surface area contributed by atoms with Crippen molar-refractivity contribution in [1.82, 2.24) is 10.2 Å². The summed E-state index contributed by atoms with van der Waals surface area (Å²) in [6.45, 7) is 9.48. The Bertz CT molecular complexity index is 478. The molecule has 0 radical (unpaired) electrons. The van der Waals surface area contributed by atoms with E-state index in [1.165, 1.54) is 51.6 Å². The Labute approximate surface area is 172 Å². The van der Waals surface area contributed by atoms with Crippen molar-refractivity contribution in [2.75, 3.05) is 19.7 Å². The zero-order chi connectivity index (χ0) is 20.4. The third-order valence-corrected chi connectivity index (χ3v) is 6.30. The normalized spacial score (nSPS) is 23.9. The minimum Gasteiger partial charge on any atom is -0.465 e. The largest absolute Gasteiger partial charge is 0.465 e. The van der Waals surface area contributed by atoms with Gasteiger partial charge in [-0.05, 0) is 64.5 Å². The molecule has 0 saturated carbocycles. The van der Waals surface area contributed by atoms with Crippen LogP contribution in [0, 0.1) is 11.8 Å². The van der Waals surface area contributed by atoms with Gasteiger partial charge in [-0.25, -0.2) is 0 Å². The van der Waals surface area contributed by atoms with Crippen LogP contribution in [0.15, 0.2) is 0 Å². The van der Waals surface area contributed by atoms with Crippen LogP contribution in [0.1, 0.15) is 91.4 Å². The molecule has 0 aromatic carbocycles. The molecule has 2 aliphatic rings. The number of nitrogens with zero attached hydrogens (tertiary/aromatic N) is 1. The van der Waals surface area contributed by atoms with E-state index in [0.29, 0.717) is 43.7 Å². The molecule has 28 heavy (non-hydrogen) atoms. The van der Waals surface area contributed by atoms with E-state index in [0.717, 1.165) is 12.8 Å². The Balaban J connectivity index is 1.55. The summed E-state index contributed by atoms with van der Waals surface area (Å²) in [7, 11) is 0. The molecular formula is C23H42N2O3. The highest BCUT2D eigenvalue weighted by atomic mass is 16.5. The van der Waals surface area contributed by atoms with E-state index in [-0.39, 0.29) is 17.9 Å². The Hall–Kier alpha value is -1.10. The zero-order valence-corrected chi connectivity index (χ0v) is 18.4. The number of hydrogen-bond acceptors (Lipinski definition) is 4. The van der Waals surface area contributed by atoms with Crippen LogP contribution in [0.5, 0.6) is 0 Å². The van der Waals surface area contributed by atoms with E-state index in [1.807, 2.05) is 0 Å². The van der Waals surface area contributed by atoms with Crippen LogP contribution in [0.25, 0.3) is 0 Å². The number of carbonyl (C=O) groups is 2. The monoisotopic (exact) mass is 394 g/mol. The predicted molar refractivity (Wildman–Crippen MR) is 113 cm³/mol. The van der Waals surface area contributed by atoms with Crippen molar-refractivity contribution < 1.29 is 14.3 Å². The zero-order valence-electron chi connectivity index (χ0n) is 18.4. The van der Waals surface area contributed by atoms with Crippen molar-refractivity contribution in [2.45, 2.75) is 103 Å². The molecule has 5 heteroatoms. The van der Waals surface area contributed by atoms with Crippen molar-refractivity contribution in [2.24, 2.45) is 11.8 Å². The van der Waals surface area contributed by atoms with Crippen LogP contribution in [0.2, 0.25) is 0 Å². The van der Waals surface area contributed by atoms with Gasteiger partial charge in [0.05, 0.1) is 6.61 Å². The van der Waals surface area contributed by atoms with Crippen LogP contribution in [0.3, 0.4) is 0 Å². The second-order valence-corrected chi connectivity index (χ2v) is 9.33. The molecule has 0 aromatic heterocycles. The van der Waals surface area contributed by atoms with Crippen molar-refractivity contribution in [1.29, 1.82) is 0 Å². The van der Waals surface area contributed by atoms with Crippen LogP contribution in [-0.4, -0.2) is 48.6 Å². The van der Waals surface area contributed by atoms with Crippen molar-refractivity contribution >= 4 is 11.9 Å². The highest BCUT2D eigenvalue weighted by Gasteiger charge is 2.33. The SMILES string of the molecule is CC(C)CCCC(C)NC(=O)CCCC(=O)OCC1CCCN2CCCCC12. The molecule has 2 fully saturated rings. The standard InChI is InChI=1S/C23H42N2O3/c1-18(2)9-6-10-19(3)24-22(26)13-7-14-23(27)28-17-20-11-8-16-25-15-5-4-12-21(20)25/h18-21H,4-17H2,1-3H3,(H,24,26). The van der Waals surface area contributed by atoms with Crippen molar-refractivity contribution in [3.63, 3.8) is 0 Å². The first-order valence-electron chi connectivity index (χ1n) is 11.6. The molecular weight excluding hydrogens is 352 g/mol. The summed E-state index contributed by atoms with van der Waals surface area (Å²) in [6.07, 6.45) is 10.9. The lowest BCUT2D eigenvalue weighted by Crippen LogP contribution is -2.49. The smallest absolute Gasteiger partial charge is 0.305 e. The van der Waals surface area contributed by atoms with E-state index < -0.39 is 0 Å². The number of ether oxygens (including phenoxy) is 1. The van der Waals surface area contributed by atoms with E-state index in [9.17, 15) is 9.59 Å². The Kier molecular flexibility index (Phi) is 10.3.